The van der Waals surface area contributed by atoms with Gasteiger partial charge in [0.25, 0.3) is 5.91 Å². The molecule has 1 unspecified atom stereocenters. The molecular weight excluding hydrogens is 370 g/mol. The van der Waals surface area contributed by atoms with E-state index in [1.165, 1.54) is 12.5 Å². The van der Waals surface area contributed by atoms with E-state index >= 15 is 0 Å². The maximum atomic E-state index is 11.1. The zero-order valence-corrected chi connectivity index (χ0v) is 16.1. The number of carbonyl (C=O) groups is 1. The molecule has 9 nitrogen and oxygen atoms in total. The molecular formula is C20H23N7O2. The SMILES string of the molecule is Cn1cnc2c(Nc3ccc(/C=C/C(=O)NO)cc3)nc(C3CCCCN3)nc21. The first-order valence-electron chi connectivity index (χ1n) is 9.55. The van der Waals surface area contributed by atoms with Crippen molar-refractivity contribution in [1.82, 2.24) is 30.3 Å². The van der Waals surface area contributed by atoms with E-state index in [-0.39, 0.29) is 6.04 Å². The Morgan fingerprint density at radius 1 is 1.28 bits per heavy atom. The lowest BCUT2D eigenvalue weighted by Crippen LogP contribution is -2.28. The summed E-state index contributed by atoms with van der Waals surface area (Å²) in [5.74, 6) is 0.869. The van der Waals surface area contributed by atoms with Gasteiger partial charge in [0.15, 0.2) is 17.0 Å². The molecule has 0 saturated carbocycles. The number of rotatable bonds is 5. The number of hydroxylamine groups is 1. The minimum Gasteiger partial charge on any atom is -0.338 e. The molecule has 1 fully saturated rings. The third kappa shape index (κ3) is 4.25. The van der Waals surface area contributed by atoms with E-state index in [0.29, 0.717) is 5.82 Å². The Morgan fingerprint density at radius 2 is 2.10 bits per heavy atom. The number of nitrogens with one attached hydrogen (secondary N) is 3. The lowest BCUT2D eigenvalue weighted by atomic mass is 10.0. The van der Waals surface area contributed by atoms with E-state index in [0.717, 1.165) is 47.6 Å². The van der Waals surface area contributed by atoms with Gasteiger partial charge in [-0.2, -0.15) is 0 Å². The first kappa shape index (κ1) is 19.0. The Labute approximate surface area is 167 Å². The summed E-state index contributed by atoms with van der Waals surface area (Å²) >= 11 is 0. The van der Waals surface area contributed by atoms with Crippen molar-refractivity contribution >= 4 is 34.7 Å². The van der Waals surface area contributed by atoms with Gasteiger partial charge in [-0.1, -0.05) is 18.6 Å². The molecule has 0 bridgehead atoms. The molecule has 1 saturated heterocycles. The van der Waals surface area contributed by atoms with Crippen LogP contribution < -0.4 is 16.1 Å². The van der Waals surface area contributed by atoms with Crippen LogP contribution in [0.4, 0.5) is 11.5 Å². The summed E-state index contributed by atoms with van der Waals surface area (Å²) in [6.45, 7) is 0.976. The third-order valence-corrected chi connectivity index (χ3v) is 4.91. The maximum absolute atomic E-state index is 11.1. The number of amides is 1. The molecule has 0 spiro atoms. The molecule has 1 aliphatic heterocycles. The van der Waals surface area contributed by atoms with Gasteiger partial charge in [0, 0.05) is 18.8 Å². The molecule has 3 aromatic rings. The Kier molecular flexibility index (Phi) is 5.50. The molecule has 4 N–H and O–H groups in total. The summed E-state index contributed by atoms with van der Waals surface area (Å²) in [6.07, 6.45) is 7.97. The van der Waals surface area contributed by atoms with E-state index < -0.39 is 5.91 Å². The van der Waals surface area contributed by atoms with Crippen molar-refractivity contribution in [2.24, 2.45) is 7.05 Å². The predicted molar refractivity (Wildman–Crippen MR) is 110 cm³/mol. The molecule has 9 heteroatoms. The lowest BCUT2D eigenvalue weighted by molar-refractivity contribution is -0.124. The fourth-order valence-electron chi connectivity index (χ4n) is 3.36. The highest BCUT2D eigenvalue weighted by atomic mass is 16.5. The Balaban J connectivity index is 1.61. The van der Waals surface area contributed by atoms with Gasteiger partial charge < -0.3 is 15.2 Å². The normalized spacial score (nSPS) is 17.0. The van der Waals surface area contributed by atoms with Crippen LogP contribution in [0.15, 0.2) is 36.7 Å². The van der Waals surface area contributed by atoms with Gasteiger partial charge in [0.05, 0.1) is 12.4 Å². The first-order valence-corrected chi connectivity index (χ1v) is 9.55. The van der Waals surface area contributed by atoms with Gasteiger partial charge in [-0.25, -0.2) is 20.4 Å². The van der Waals surface area contributed by atoms with Crippen molar-refractivity contribution in [2.45, 2.75) is 25.3 Å². The van der Waals surface area contributed by atoms with E-state index in [2.05, 4.69) is 15.6 Å². The molecule has 2 aromatic heterocycles. The molecule has 3 heterocycles. The Bertz CT molecular complexity index is 1040. The van der Waals surface area contributed by atoms with E-state index in [9.17, 15) is 4.79 Å². The van der Waals surface area contributed by atoms with Crippen LogP contribution in [0.3, 0.4) is 0 Å². The average Bonchev–Trinajstić information content (AvgIpc) is 3.14. The summed E-state index contributed by atoms with van der Waals surface area (Å²) in [7, 11) is 1.92. The van der Waals surface area contributed by atoms with Crippen LogP contribution in [-0.4, -0.2) is 37.2 Å². The van der Waals surface area contributed by atoms with Crippen molar-refractivity contribution in [3.63, 3.8) is 0 Å². The Morgan fingerprint density at radius 3 is 2.83 bits per heavy atom. The lowest BCUT2D eigenvalue weighted by Gasteiger charge is -2.22. The number of aromatic nitrogens is 4. The average molecular weight is 393 g/mol. The topological polar surface area (TPSA) is 117 Å². The Hall–Kier alpha value is -3.30. The number of fused-ring (bicyclic) bond motifs is 1. The molecule has 29 heavy (non-hydrogen) atoms. The highest BCUT2D eigenvalue weighted by Gasteiger charge is 2.21. The number of imidazole rings is 1. The molecule has 4 rings (SSSR count). The van der Waals surface area contributed by atoms with Crippen LogP contribution in [-0.2, 0) is 11.8 Å². The zero-order chi connectivity index (χ0) is 20.2. The standard InChI is InChI=1S/C20H23N7O2/c1-27-12-22-17-19(24-18(25-20(17)27)15-4-2-3-11-21-15)23-14-8-5-13(6-9-14)7-10-16(28)26-29/h5-10,12,15,21,29H,2-4,11H2,1H3,(H,26,28)(H,23,24,25)/b10-7+. The van der Waals surface area contributed by atoms with Crippen molar-refractivity contribution in [2.75, 3.05) is 11.9 Å². The van der Waals surface area contributed by atoms with Gasteiger partial charge in [-0.05, 0) is 43.2 Å². The number of hydrogen-bond donors (Lipinski definition) is 4. The first-order chi connectivity index (χ1) is 14.1. The number of carbonyl (C=O) groups excluding carboxylic acids is 1. The highest BCUT2D eigenvalue weighted by molar-refractivity contribution is 5.91. The minimum absolute atomic E-state index is 0.147. The number of anilines is 2. The molecule has 1 amide bonds. The van der Waals surface area contributed by atoms with Crippen LogP contribution in [0.5, 0.6) is 0 Å². The molecule has 0 aliphatic carbocycles. The predicted octanol–water partition coefficient (Wildman–Crippen LogP) is 2.44. The van der Waals surface area contributed by atoms with E-state index in [1.807, 2.05) is 35.9 Å². The van der Waals surface area contributed by atoms with Crippen molar-refractivity contribution < 1.29 is 10.0 Å². The quantitative estimate of drug-likeness (QED) is 0.299. The van der Waals surface area contributed by atoms with Gasteiger partial charge >= 0.3 is 0 Å². The zero-order valence-electron chi connectivity index (χ0n) is 16.1. The van der Waals surface area contributed by atoms with Crippen molar-refractivity contribution in [3.05, 3.63) is 48.1 Å². The highest BCUT2D eigenvalue weighted by Crippen LogP contribution is 2.27. The second-order valence-electron chi connectivity index (χ2n) is 7.02. The van der Waals surface area contributed by atoms with Crippen LogP contribution in [0.1, 0.15) is 36.7 Å². The van der Waals surface area contributed by atoms with E-state index in [1.54, 1.807) is 17.9 Å². The fraction of sp³-hybridized carbons (Fsp3) is 0.300. The largest absolute Gasteiger partial charge is 0.338 e. The summed E-state index contributed by atoms with van der Waals surface area (Å²) in [5, 5.41) is 15.4. The number of nitrogens with zero attached hydrogens (tertiary/aromatic N) is 4. The van der Waals surface area contributed by atoms with Gasteiger partial charge in [0.2, 0.25) is 0 Å². The number of piperidine rings is 1. The number of benzene rings is 1. The van der Waals surface area contributed by atoms with Crippen molar-refractivity contribution in [1.29, 1.82) is 0 Å². The summed E-state index contributed by atoms with van der Waals surface area (Å²) in [6, 6.07) is 7.67. The van der Waals surface area contributed by atoms with Gasteiger partial charge in [-0.3, -0.25) is 10.0 Å². The molecule has 150 valence electrons. The molecule has 1 aliphatic rings. The van der Waals surface area contributed by atoms with Crippen LogP contribution in [0.2, 0.25) is 0 Å². The second-order valence-corrected chi connectivity index (χ2v) is 7.02. The molecule has 1 atom stereocenters. The summed E-state index contributed by atoms with van der Waals surface area (Å²) in [4.78, 5) is 25.1. The fourth-order valence-corrected chi connectivity index (χ4v) is 3.36. The summed E-state index contributed by atoms with van der Waals surface area (Å²) in [5.41, 5.74) is 4.75. The van der Waals surface area contributed by atoms with Crippen LogP contribution in [0, 0.1) is 0 Å². The minimum atomic E-state index is -0.574. The second kappa shape index (κ2) is 8.38. The van der Waals surface area contributed by atoms with Gasteiger partial charge in [0.1, 0.15) is 5.82 Å². The van der Waals surface area contributed by atoms with Crippen LogP contribution >= 0.6 is 0 Å². The smallest absolute Gasteiger partial charge is 0.267 e. The van der Waals surface area contributed by atoms with Crippen molar-refractivity contribution in [3.8, 4) is 0 Å². The maximum Gasteiger partial charge on any atom is 0.267 e. The van der Waals surface area contributed by atoms with Crippen LogP contribution in [0.25, 0.3) is 17.2 Å². The number of aryl methyl sites for hydroxylation is 1. The van der Waals surface area contributed by atoms with Gasteiger partial charge in [-0.15, -0.1) is 0 Å². The molecule has 1 aromatic carbocycles. The number of hydrogen-bond acceptors (Lipinski definition) is 7. The monoisotopic (exact) mass is 393 g/mol. The summed E-state index contributed by atoms with van der Waals surface area (Å²) < 4.78 is 1.90. The third-order valence-electron chi connectivity index (χ3n) is 4.91. The molecule has 0 radical (unpaired) electrons. The van der Waals surface area contributed by atoms with E-state index in [4.69, 9.17) is 15.2 Å².